The minimum absolute atomic E-state index is 0.0143. The minimum atomic E-state index is -0.0143. The molecular formula is C18H19N5O. The summed E-state index contributed by atoms with van der Waals surface area (Å²) in [5.41, 5.74) is 2.75. The first-order chi connectivity index (χ1) is 11.6. The number of aromatic nitrogens is 4. The molecule has 1 heterocycles. The molecule has 1 aromatic heterocycles. The second-order valence-corrected chi connectivity index (χ2v) is 5.77. The number of nitrogens with zero attached hydrogens (tertiary/aromatic N) is 4. The van der Waals surface area contributed by atoms with Crippen LogP contribution in [0.2, 0.25) is 0 Å². The van der Waals surface area contributed by atoms with Crippen LogP contribution in [0.5, 0.6) is 0 Å². The third kappa shape index (κ3) is 3.65. The number of aryl methyl sites for hydroxylation is 1. The molecule has 3 rings (SSSR count). The first-order valence-corrected chi connectivity index (χ1v) is 7.81. The van der Waals surface area contributed by atoms with E-state index in [1.54, 1.807) is 11.7 Å². The van der Waals surface area contributed by atoms with Crippen molar-refractivity contribution in [2.45, 2.75) is 19.3 Å². The monoisotopic (exact) mass is 321 g/mol. The first-order valence-electron chi connectivity index (χ1n) is 7.81. The fourth-order valence-corrected chi connectivity index (χ4v) is 2.60. The van der Waals surface area contributed by atoms with Crippen LogP contribution in [0.4, 0.5) is 5.69 Å². The third-order valence-electron chi connectivity index (χ3n) is 3.88. The maximum Gasteiger partial charge on any atom is 0.224 e. The lowest BCUT2D eigenvalue weighted by Crippen LogP contribution is -2.14. The van der Waals surface area contributed by atoms with E-state index in [1.165, 1.54) is 0 Å². The molecule has 0 fully saturated rings. The summed E-state index contributed by atoms with van der Waals surface area (Å²) < 4.78 is 1.60. The van der Waals surface area contributed by atoms with Gasteiger partial charge in [-0.1, -0.05) is 49.4 Å². The number of carbonyl (C=O) groups excluding carboxylic acids is 1. The Hall–Kier alpha value is -3.02. The summed E-state index contributed by atoms with van der Waals surface area (Å²) in [5.74, 6) is 0.806. The molecule has 0 aliphatic carbocycles. The molecule has 1 amide bonds. The van der Waals surface area contributed by atoms with Crippen LogP contribution in [0, 0.1) is 0 Å². The lowest BCUT2D eigenvalue weighted by Gasteiger charge is -2.12. The van der Waals surface area contributed by atoms with Crippen molar-refractivity contribution in [1.82, 2.24) is 20.2 Å². The van der Waals surface area contributed by atoms with Gasteiger partial charge in [-0.05, 0) is 34.0 Å². The predicted octanol–water partition coefficient (Wildman–Crippen LogP) is 3.01. The number of hydrogen-bond acceptors (Lipinski definition) is 4. The van der Waals surface area contributed by atoms with Crippen molar-refractivity contribution in [2.24, 2.45) is 7.05 Å². The number of tetrazole rings is 1. The summed E-state index contributed by atoms with van der Waals surface area (Å²) in [4.78, 5) is 12.3. The summed E-state index contributed by atoms with van der Waals surface area (Å²) in [6, 6.07) is 17.6. The first kappa shape index (κ1) is 15.9. The zero-order valence-electron chi connectivity index (χ0n) is 13.7. The van der Waals surface area contributed by atoms with Crippen LogP contribution in [0.15, 0.2) is 54.6 Å². The van der Waals surface area contributed by atoms with Crippen molar-refractivity contribution < 1.29 is 4.79 Å². The Morgan fingerprint density at radius 3 is 2.67 bits per heavy atom. The quantitative estimate of drug-likeness (QED) is 0.784. The van der Waals surface area contributed by atoms with Crippen LogP contribution in [0.1, 0.15) is 24.8 Å². The molecule has 3 aromatic rings. The Kier molecular flexibility index (Phi) is 4.65. The van der Waals surface area contributed by atoms with Gasteiger partial charge in [-0.15, -0.1) is 5.10 Å². The van der Waals surface area contributed by atoms with Gasteiger partial charge < -0.3 is 5.32 Å². The lowest BCUT2D eigenvalue weighted by atomic mass is 9.97. The molecule has 0 saturated heterocycles. The highest BCUT2D eigenvalue weighted by molar-refractivity contribution is 5.91. The summed E-state index contributed by atoms with van der Waals surface area (Å²) in [6.07, 6.45) is 0.430. The van der Waals surface area contributed by atoms with E-state index in [2.05, 4.69) is 27.8 Å². The molecule has 1 N–H and O–H groups in total. The number of anilines is 1. The van der Waals surface area contributed by atoms with E-state index in [9.17, 15) is 4.79 Å². The van der Waals surface area contributed by atoms with Gasteiger partial charge in [0.2, 0.25) is 5.91 Å². The van der Waals surface area contributed by atoms with Crippen molar-refractivity contribution >= 4 is 11.6 Å². The predicted molar refractivity (Wildman–Crippen MR) is 92.3 cm³/mol. The molecule has 0 aliphatic rings. The van der Waals surface area contributed by atoms with Gasteiger partial charge in [-0.25, -0.2) is 4.68 Å². The van der Waals surface area contributed by atoms with E-state index in [0.29, 0.717) is 12.2 Å². The summed E-state index contributed by atoms with van der Waals surface area (Å²) in [5, 5.41) is 14.4. The van der Waals surface area contributed by atoms with Gasteiger partial charge in [0.25, 0.3) is 0 Å². The van der Waals surface area contributed by atoms with Crippen molar-refractivity contribution in [3.63, 3.8) is 0 Å². The molecule has 122 valence electrons. The Balaban J connectivity index is 1.68. The second kappa shape index (κ2) is 7.04. The molecule has 6 nitrogen and oxygen atoms in total. The Morgan fingerprint density at radius 1 is 1.17 bits per heavy atom. The van der Waals surface area contributed by atoms with Crippen molar-refractivity contribution in [1.29, 1.82) is 0 Å². The molecule has 1 atom stereocenters. The van der Waals surface area contributed by atoms with E-state index in [-0.39, 0.29) is 11.8 Å². The lowest BCUT2D eigenvalue weighted by molar-refractivity contribution is -0.116. The topological polar surface area (TPSA) is 72.7 Å². The standard InChI is InChI=1S/C18H19N5O/c1-13(14-7-4-3-5-8-14)11-17(24)19-16-10-6-9-15(12-16)18-20-21-22-23(18)2/h3-10,12-13H,11H2,1-2H3,(H,19,24). The zero-order chi connectivity index (χ0) is 16.9. The molecular weight excluding hydrogens is 302 g/mol. The van der Waals surface area contributed by atoms with Crippen molar-refractivity contribution in [3.05, 3.63) is 60.2 Å². The molecule has 6 heteroatoms. The fraction of sp³-hybridized carbons (Fsp3) is 0.222. The normalized spacial score (nSPS) is 11.9. The van der Waals surface area contributed by atoms with Crippen LogP contribution in [0.3, 0.4) is 0 Å². The molecule has 2 aromatic carbocycles. The largest absolute Gasteiger partial charge is 0.326 e. The molecule has 0 spiro atoms. The van der Waals surface area contributed by atoms with E-state index < -0.39 is 0 Å². The highest BCUT2D eigenvalue weighted by Crippen LogP contribution is 2.22. The average Bonchev–Trinajstić information content (AvgIpc) is 3.02. The summed E-state index contributed by atoms with van der Waals surface area (Å²) in [6.45, 7) is 2.05. The summed E-state index contributed by atoms with van der Waals surface area (Å²) >= 11 is 0. The van der Waals surface area contributed by atoms with Crippen LogP contribution in [-0.4, -0.2) is 26.1 Å². The maximum absolute atomic E-state index is 12.3. The van der Waals surface area contributed by atoms with Crippen molar-refractivity contribution in [2.75, 3.05) is 5.32 Å². The number of amides is 1. The average molecular weight is 321 g/mol. The Bertz CT molecular complexity index is 828. The fourth-order valence-electron chi connectivity index (χ4n) is 2.60. The molecule has 0 aliphatic heterocycles. The van der Waals surface area contributed by atoms with Crippen LogP contribution >= 0.6 is 0 Å². The number of nitrogens with one attached hydrogen (secondary N) is 1. The van der Waals surface area contributed by atoms with Gasteiger partial charge in [0.1, 0.15) is 0 Å². The number of carbonyl (C=O) groups is 1. The van der Waals surface area contributed by atoms with Gasteiger partial charge in [0.15, 0.2) is 5.82 Å². The molecule has 1 unspecified atom stereocenters. The molecule has 0 saturated carbocycles. The number of benzene rings is 2. The van der Waals surface area contributed by atoms with E-state index >= 15 is 0 Å². The minimum Gasteiger partial charge on any atom is -0.326 e. The number of hydrogen-bond donors (Lipinski definition) is 1. The van der Waals surface area contributed by atoms with Gasteiger partial charge in [-0.3, -0.25) is 4.79 Å². The van der Waals surface area contributed by atoms with Crippen LogP contribution in [0.25, 0.3) is 11.4 Å². The van der Waals surface area contributed by atoms with Crippen LogP contribution < -0.4 is 5.32 Å². The van der Waals surface area contributed by atoms with E-state index in [4.69, 9.17) is 0 Å². The summed E-state index contributed by atoms with van der Waals surface area (Å²) in [7, 11) is 1.78. The highest BCUT2D eigenvalue weighted by Gasteiger charge is 2.12. The van der Waals surface area contributed by atoms with Crippen molar-refractivity contribution in [3.8, 4) is 11.4 Å². The highest BCUT2D eigenvalue weighted by atomic mass is 16.1. The van der Waals surface area contributed by atoms with E-state index in [0.717, 1.165) is 16.8 Å². The number of rotatable bonds is 5. The Morgan fingerprint density at radius 2 is 1.96 bits per heavy atom. The third-order valence-corrected chi connectivity index (χ3v) is 3.88. The Labute approximate surface area is 140 Å². The van der Waals surface area contributed by atoms with Gasteiger partial charge in [0, 0.05) is 24.7 Å². The molecule has 0 radical (unpaired) electrons. The molecule has 0 bridgehead atoms. The maximum atomic E-state index is 12.3. The van der Waals surface area contributed by atoms with E-state index in [1.807, 2.05) is 54.6 Å². The van der Waals surface area contributed by atoms with Gasteiger partial charge in [-0.2, -0.15) is 0 Å². The molecule has 24 heavy (non-hydrogen) atoms. The van der Waals surface area contributed by atoms with Gasteiger partial charge >= 0.3 is 0 Å². The second-order valence-electron chi connectivity index (χ2n) is 5.77. The zero-order valence-corrected chi connectivity index (χ0v) is 13.7. The smallest absolute Gasteiger partial charge is 0.224 e. The van der Waals surface area contributed by atoms with Crippen LogP contribution in [-0.2, 0) is 11.8 Å². The van der Waals surface area contributed by atoms with Gasteiger partial charge in [0.05, 0.1) is 0 Å². The SMILES string of the molecule is CC(CC(=O)Nc1cccc(-c2nnnn2C)c1)c1ccccc1.